The lowest BCUT2D eigenvalue weighted by atomic mass is 9.70. The van der Waals surface area contributed by atoms with E-state index in [1.54, 1.807) is 13.8 Å². The molecule has 2 fully saturated rings. The average Bonchev–Trinajstić information content (AvgIpc) is 3.04. The number of rotatable bonds is 7. The van der Waals surface area contributed by atoms with Crippen molar-refractivity contribution in [2.24, 2.45) is 0 Å². The van der Waals surface area contributed by atoms with Crippen LogP contribution in [0.15, 0.2) is 18.2 Å². The number of aliphatic hydroxyl groups excluding tert-OH is 2. The number of phenols is 3. The van der Waals surface area contributed by atoms with Crippen LogP contribution in [0.25, 0.3) is 0 Å². The van der Waals surface area contributed by atoms with E-state index < -0.39 is 94.7 Å². The molecule has 0 aromatic heterocycles. The van der Waals surface area contributed by atoms with Crippen LogP contribution in [0.1, 0.15) is 102 Å². The molecule has 6 N–H and O–H groups in total. The monoisotopic (exact) mass is 700 g/mol. The van der Waals surface area contributed by atoms with Crippen LogP contribution in [0.5, 0.6) is 17.2 Å². The molecule has 2 saturated heterocycles. The lowest BCUT2D eigenvalue weighted by Crippen LogP contribution is -2.59. The fraction of sp³-hybridized carbons (Fsp3) is 0.611. The van der Waals surface area contributed by atoms with Gasteiger partial charge in [0, 0.05) is 48.0 Å². The molecular formula is C36H48N2O12. The van der Waals surface area contributed by atoms with Crippen molar-refractivity contribution >= 4 is 11.6 Å². The molecule has 274 valence electrons. The summed E-state index contributed by atoms with van der Waals surface area (Å²) >= 11 is 0. The fourth-order valence-electron chi connectivity index (χ4n) is 8.14. The normalized spacial score (nSPS) is 35.6. The van der Waals surface area contributed by atoms with Crippen molar-refractivity contribution < 1.29 is 59.2 Å². The Morgan fingerprint density at radius 2 is 1.40 bits per heavy atom. The highest BCUT2D eigenvalue weighted by molar-refractivity contribution is 6.31. The summed E-state index contributed by atoms with van der Waals surface area (Å²) < 4.78 is 25.4. The number of carbonyl (C=O) groups excluding carboxylic acids is 2. The van der Waals surface area contributed by atoms with Gasteiger partial charge in [0.05, 0.1) is 46.7 Å². The molecule has 0 bridgehead atoms. The number of nitrogens with zero attached hydrogens (tertiary/aromatic N) is 2. The fourth-order valence-corrected chi connectivity index (χ4v) is 8.14. The summed E-state index contributed by atoms with van der Waals surface area (Å²) in [6.07, 6.45) is -6.35. The van der Waals surface area contributed by atoms with Gasteiger partial charge >= 0.3 is 0 Å². The number of likely N-dealkylation sites (N-methyl/N-ethyl adjacent to an activating group) is 2. The molecule has 0 radical (unpaired) electrons. The SMILES string of the molecule is CCC1(O)CC(O)c2c(O)c3c(c(O)c2C1OC1CC(N(C)C)C(OC2CC(N(C)C)C(O)C(C)O2)C(C)O1)C(=O)c1cccc(O)c1C3=O. The number of ether oxygens (including phenoxy) is 4. The zero-order chi connectivity index (χ0) is 36.6. The number of hydrogen-bond donors (Lipinski definition) is 6. The molecule has 11 unspecified atom stereocenters. The molecular weight excluding hydrogens is 652 g/mol. The quantitative estimate of drug-likeness (QED) is 0.196. The molecule has 11 atom stereocenters. The Balaban J connectivity index is 1.34. The largest absolute Gasteiger partial charge is 0.507 e. The molecule has 2 aliphatic heterocycles. The topological polar surface area (TPSA) is 199 Å². The number of aliphatic hydroxyl groups is 3. The molecule has 14 nitrogen and oxygen atoms in total. The third kappa shape index (κ3) is 5.90. The first-order valence-electron chi connectivity index (χ1n) is 17.1. The molecule has 2 aliphatic carbocycles. The van der Waals surface area contributed by atoms with Gasteiger partial charge in [0.1, 0.15) is 29.5 Å². The van der Waals surface area contributed by atoms with E-state index in [1.807, 2.05) is 44.9 Å². The van der Waals surface area contributed by atoms with Crippen molar-refractivity contribution in [3.8, 4) is 17.2 Å². The lowest BCUT2D eigenvalue weighted by molar-refractivity contribution is -0.314. The van der Waals surface area contributed by atoms with Gasteiger partial charge in [-0.05, 0) is 54.5 Å². The zero-order valence-corrected chi connectivity index (χ0v) is 29.4. The second kappa shape index (κ2) is 13.4. The van der Waals surface area contributed by atoms with Crippen LogP contribution >= 0.6 is 0 Å². The van der Waals surface area contributed by atoms with E-state index in [1.165, 1.54) is 18.2 Å². The highest BCUT2D eigenvalue weighted by Gasteiger charge is 2.53. The van der Waals surface area contributed by atoms with Crippen LogP contribution in [0.2, 0.25) is 0 Å². The maximum Gasteiger partial charge on any atom is 0.202 e. The molecule has 2 aromatic rings. The minimum atomic E-state index is -1.79. The first kappa shape index (κ1) is 36.6. The number of phenolic OH excluding ortho intramolecular Hbond substituents is 3. The van der Waals surface area contributed by atoms with Crippen molar-refractivity contribution in [1.82, 2.24) is 9.80 Å². The van der Waals surface area contributed by atoms with Gasteiger partial charge < -0.3 is 59.4 Å². The Morgan fingerprint density at radius 3 is 2.04 bits per heavy atom. The molecule has 2 heterocycles. The van der Waals surface area contributed by atoms with E-state index >= 15 is 0 Å². The Hall–Kier alpha value is -3.18. The van der Waals surface area contributed by atoms with Crippen molar-refractivity contribution in [2.45, 2.75) is 113 Å². The first-order chi connectivity index (χ1) is 23.5. The third-order valence-electron chi connectivity index (χ3n) is 11.0. The van der Waals surface area contributed by atoms with E-state index in [4.69, 9.17) is 18.9 Å². The molecule has 14 heteroatoms. The summed E-state index contributed by atoms with van der Waals surface area (Å²) in [6.45, 7) is 5.30. The van der Waals surface area contributed by atoms with Gasteiger partial charge in [-0.25, -0.2) is 0 Å². The second-order valence-corrected chi connectivity index (χ2v) is 14.5. The Bertz CT molecular complexity index is 1660. The van der Waals surface area contributed by atoms with Gasteiger partial charge in [0.25, 0.3) is 0 Å². The summed E-state index contributed by atoms with van der Waals surface area (Å²) in [6, 6.07) is 3.49. The highest BCUT2D eigenvalue weighted by atomic mass is 16.7. The van der Waals surface area contributed by atoms with Crippen molar-refractivity contribution in [2.75, 3.05) is 28.2 Å². The average molecular weight is 701 g/mol. The second-order valence-electron chi connectivity index (χ2n) is 14.5. The zero-order valence-electron chi connectivity index (χ0n) is 29.4. The van der Waals surface area contributed by atoms with E-state index in [0.29, 0.717) is 6.42 Å². The van der Waals surface area contributed by atoms with Crippen LogP contribution in [-0.2, 0) is 18.9 Å². The van der Waals surface area contributed by atoms with E-state index in [9.17, 15) is 40.2 Å². The standard InChI is InChI=1S/C36H48N2O12/c1-8-36(46)14-21(40)25-28(33(45)26-27(32(25)44)31(43)24-17(30(26)42)10-9-11-20(24)39)35(36)50-23-13-19(38(6)7)34(16(3)48-23)49-22-12-18(37(4)5)29(41)15(2)47-22/h9-11,15-16,18-19,21-23,29,34-35,39-41,44-46H,8,12-14H2,1-7H3. The minimum absolute atomic E-state index is 0.0518. The molecule has 0 amide bonds. The number of benzene rings is 2. The summed E-state index contributed by atoms with van der Waals surface area (Å²) in [5.41, 5.74) is -3.79. The van der Waals surface area contributed by atoms with Crippen LogP contribution in [-0.4, -0.2) is 135 Å². The summed E-state index contributed by atoms with van der Waals surface area (Å²) in [4.78, 5) is 31.3. The van der Waals surface area contributed by atoms with Crippen LogP contribution in [0.3, 0.4) is 0 Å². The number of carbonyl (C=O) groups is 2. The number of ketones is 2. The highest BCUT2D eigenvalue weighted by Crippen LogP contribution is 2.56. The van der Waals surface area contributed by atoms with E-state index in [2.05, 4.69) is 0 Å². The van der Waals surface area contributed by atoms with Crippen LogP contribution in [0, 0.1) is 0 Å². The minimum Gasteiger partial charge on any atom is -0.507 e. The maximum atomic E-state index is 13.8. The predicted octanol–water partition coefficient (Wildman–Crippen LogP) is 2.09. The van der Waals surface area contributed by atoms with E-state index in [-0.39, 0.29) is 53.6 Å². The summed E-state index contributed by atoms with van der Waals surface area (Å²) in [5, 5.41) is 67.6. The number of fused-ring (bicyclic) bond motifs is 3. The van der Waals surface area contributed by atoms with Gasteiger partial charge in [-0.15, -0.1) is 0 Å². The van der Waals surface area contributed by atoms with E-state index in [0.717, 1.165) is 0 Å². The smallest absolute Gasteiger partial charge is 0.202 e. The van der Waals surface area contributed by atoms with Gasteiger partial charge in [-0.2, -0.15) is 0 Å². The molecule has 2 aromatic carbocycles. The summed E-state index contributed by atoms with van der Waals surface area (Å²) in [5.74, 6) is -3.63. The molecule has 4 aliphatic rings. The maximum absolute atomic E-state index is 13.8. The number of aromatic hydroxyl groups is 3. The molecule has 50 heavy (non-hydrogen) atoms. The lowest BCUT2D eigenvalue weighted by Gasteiger charge is -2.49. The molecule has 0 saturated carbocycles. The third-order valence-corrected chi connectivity index (χ3v) is 11.0. The Kier molecular flexibility index (Phi) is 9.82. The van der Waals surface area contributed by atoms with Crippen molar-refractivity contribution in [3.63, 3.8) is 0 Å². The van der Waals surface area contributed by atoms with Gasteiger partial charge in [-0.3, -0.25) is 9.59 Å². The van der Waals surface area contributed by atoms with Gasteiger partial charge in [-0.1, -0.05) is 19.1 Å². The van der Waals surface area contributed by atoms with Crippen LogP contribution in [0.4, 0.5) is 0 Å². The van der Waals surface area contributed by atoms with Crippen molar-refractivity contribution in [1.29, 1.82) is 0 Å². The van der Waals surface area contributed by atoms with Gasteiger partial charge in [0.2, 0.25) is 5.78 Å². The van der Waals surface area contributed by atoms with Crippen molar-refractivity contribution in [3.05, 3.63) is 51.6 Å². The predicted molar refractivity (Wildman–Crippen MR) is 177 cm³/mol. The molecule has 6 rings (SSSR count). The Morgan fingerprint density at radius 1 is 0.820 bits per heavy atom. The molecule has 0 spiro atoms. The first-order valence-corrected chi connectivity index (χ1v) is 17.1. The number of hydrogen-bond acceptors (Lipinski definition) is 14. The van der Waals surface area contributed by atoms with Gasteiger partial charge in [0.15, 0.2) is 18.4 Å². The Labute approximate surface area is 290 Å². The van der Waals surface area contributed by atoms with Crippen LogP contribution < -0.4 is 0 Å². The summed E-state index contributed by atoms with van der Waals surface area (Å²) in [7, 11) is 7.56.